The van der Waals surface area contributed by atoms with E-state index in [1.54, 1.807) is 0 Å². The first-order valence-electron chi connectivity index (χ1n) is 5.49. The van der Waals surface area contributed by atoms with Crippen LogP contribution in [0.2, 0.25) is 18.1 Å². The van der Waals surface area contributed by atoms with Gasteiger partial charge in [-0.1, -0.05) is 40.0 Å². The summed E-state index contributed by atoms with van der Waals surface area (Å²) in [7, 11) is -1.37. The highest BCUT2D eigenvalue weighted by molar-refractivity contribution is 7.80. The van der Waals surface area contributed by atoms with E-state index in [0.717, 1.165) is 0 Å². The Labute approximate surface area is 89.8 Å². The summed E-state index contributed by atoms with van der Waals surface area (Å²) < 4.78 is 5.95. The van der Waals surface area contributed by atoms with Crippen LogP contribution < -0.4 is 0 Å². The van der Waals surface area contributed by atoms with Crippen LogP contribution in [0.15, 0.2) is 0 Å². The molecule has 0 saturated heterocycles. The van der Waals surface area contributed by atoms with Crippen molar-refractivity contribution in [2.75, 3.05) is 5.94 Å². The average Bonchev–Trinajstić information content (AvgIpc) is 2.06. The Kier molecular flexibility index (Phi) is 8.21. The highest BCUT2D eigenvalue weighted by Gasteiger charge is 2.31. The van der Waals surface area contributed by atoms with E-state index in [9.17, 15) is 0 Å². The molecular weight excluding hydrogens is 196 g/mol. The van der Waals surface area contributed by atoms with Crippen LogP contribution in [0.5, 0.6) is 0 Å². The molecule has 0 heterocycles. The standard InChI is InChI=1S/C10H24OSSi/c1-4-7-13(8-5-2,9-6-3)11-10-12/h12H,4-10H2,1-3H3. The maximum atomic E-state index is 5.95. The molecular formula is C10H24OSSi. The highest BCUT2D eigenvalue weighted by Crippen LogP contribution is 2.27. The second-order valence-corrected chi connectivity index (χ2v) is 8.12. The first-order valence-corrected chi connectivity index (χ1v) is 8.65. The predicted molar refractivity (Wildman–Crippen MR) is 66.0 cm³/mol. The molecule has 0 aliphatic rings. The number of rotatable bonds is 8. The molecule has 13 heavy (non-hydrogen) atoms. The summed E-state index contributed by atoms with van der Waals surface area (Å²) in [6, 6.07) is 3.94. The van der Waals surface area contributed by atoms with Crippen molar-refractivity contribution in [3.63, 3.8) is 0 Å². The van der Waals surface area contributed by atoms with Gasteiger partial charge in [-0.15, -0.1) is 0 Å². The first-order chi connectivity index (χ1) is 6.24. The lowest BCUT2D eigenvalue weighted by Gasteiger charge is -2.30. The normalized spacial score (nSPS) is 12.0. The van der Waals surface area contributed by atoms with Gasteiger partial charge in [-0.05, 0) is 18.1 Å². The summed E-state index contributed by atoms with van der Waals surface area (Å²) in [5.74, 6) is 0.617. The molecule has 0 aliphatic carbocycles. The fourth-order valence-electron chi connectivity index (χ4n) is 2.10. The lowest BCUT2D eigenvalue weighted by molar-refractivity contribution is 0.367. The average molecular weight is 220 g/mol. The van der Waals surface area contributed by atoms with Gasteiger partial charge in [0.15, 0.2) is 8.32 Å². The topological polar surface area (TPSA) is 9.23 Å². The van der Waals surface area contributed by atoms with E-state index in [0.29, 0.717) is 5.94 Å². The van der Waals surface area contributed by atoms with Crippen LogP contribution >= 0.6 is 12.6 Å². The molecule has 0 saturated carbocycles. The molecule has 3 heteroatoms. The van der Waals surface area contributed by atoms with Gasteiger partial charge in [-0.3, -0.25) is 0 Å². The predicted octanol–water partition coefficient (Wildman–Crippen LogP) is 4.07. The van der Waals surface area contributed by atoms with Gasteiger partial charge >= 0.3 is 0 Å². The molecule has 0 aromatic carbocycles. The molecule has 0 atom stereocenters. The van der Waals surface area contributed by atoms with Crippen molar-refractivity contribution in [2.45, 2.75) is 58.2 Å². The SMILES string of the molecule is CCC[Si](CCC)(CCC)OCS. The van der Waals surface area contributed by atoms with Gasteiger partial charge in [-0.25, -0.2) is 0 Å². The lowest BCUT2D eigenvalue weighted by atomic mass is 10.6. The maximum Gasteiger partial charge on any atom is 0.193 e. The minimum absolute atomic E-state index is 0.617. The molecule has 0 aromatic heterocycles. The third-order valence-electron chi connectivity index (χ3n) is 2.49. The summed E-state index contributed by atoms with van der Waals surface area (Å²) in [5, 5.41) is 0. The Morgan fingerprint density at radius 1 is 0.923 bits per heavy atom. The van der Waals surface area contributed by atoms with Crippen molar-refractivity contribution in [3.05, 3.63) is 0 Å². The Morgan fingerprint density at radius 3 is 1.54 bits per heavy atom. The zero-order chi connectivity index (χ0) is 10.2. The molecule has 0 amide bonds. The van der Waals surface area contributed by atoms with Gasteiger partial charge in [0.1, 0.15) is 0 Å². The molecule has 80 valence electrons. The summed E-state index contributed by atoms with van der Waals surface area (Å²) in [4.78, 5) is 0. The molecule has 0 spiro atoms. The molecule has 0 N–H and O–H groups in total. The molecule has 0 unspecified atom stereocenters. The summed E-state index contributed by atoms with van der Waals surface area (Å²) >= 11 is 4.20. The summed E-state index contributed by atoms with van der Waals surface area (Å²) in [6.07, 6.45) is 3.79. The fraction of sp³-hybridized carbons (Fsp3) is 1.00. The van der Waals surface area contributed by atoms with E-state index in [4.69, 9.17) is 4.43 Å². The van der Waals surface area contributed by atoms with Crippen LogP contribution in [0, 0.1) is 0 Å². The number of hydrogen-bond acceptors (Lipinski definition) is 2. The fourth-order valence-corrected chi connectivity index (χ4v) is 7.11. The van der Waals surface area contributed by atoms with Crippen LogP contribution in [-0.2, 0) is 4.43 Å². The van der Waals surface area contributed by atoms with E-state index in [-0.39, 0.29) is 0 Å². The minimum Gasteiger partial charge on any atom is -0.408 e. The second kappa shape index (κ2) is 7.89. The van der Waals surface area contributed by atoms with Gasteiger partial charge in [0.05, 0.1) is 5.94 Å². The van der Waals surface area contributed by atoms with Gasteiger partial charge in [0, 0.05) is 0 Å². The zero-order valence-corrected chi connectivity index (χ0v) is 11.2. The smallest absolute Gasteiger partial charge is 0.193 e. The number of hydrogen-bond donors (Lipinski definition) is 1. The van der Waals surface area contributed by atoms with Gasteiger partial charge in [-0.2, -0.15) is 12.6 Å². The van der Waals surface area contributed by atoms with Crippen molar-refractivity contribution in [3.8, 4) is 0 Å². The van der Waals surface area contributed by atoms with Gasteiger partial charge < -0.3 is 4.43 Å². The molecule has 0 aliphatic heterocycles. The van der Waals surface area contributed by atoms with E-state index in [1.807, 2.05) is 0 Å². The lowest BCUT2D eigenvalue weighted by Crippen LogP contribution is -2.37. The van der Waals surface area contributed by atoms with Crippen molar-refractivity contribution >= 4 is 20.9 Å². The number of thiol groups is 1. The van der Waals surface area contributed by atoms with Crippen LogP contribution in [0.3, 0.4) is 0 Å². The highest BCUT2D eigenvalue weighted by atomic mass is 32.1. The molecule has 0 fully saturated rings. The van der Waals surface area contributed by atoms with Crippen LogP contribution in [0.4, 0.5) is 0 Å². The zero-order valence-electron chi connectivity index (χ0n) is 9.31. The van der Waals surface area contributed by atoms with Crippen molar-refractivity contribution in [1.29, 1.82) is 0 Å². The Balaban J connectivity index is 4.19. The maximum absolute atomic E-state index is 5.95. The van der Waals surface area contributed by atoms with Gasteiger partial charge in [0.2, 0.25) is 0 Å². The van der Waals surface area contributed by atoms with Crippen LogP contribution in [0.25, 0.3) is 0 Å². The van der Waals surface area contributed by atoms with Crippen molar-refractivity contribution in [1.82, 2.24) is 0 Å². The van der Waals surface area contributed by atoms with E-state index < -0.39 is 8.32 Å². The minimum atomic E-state index is -1.37. The Morgan fingerprint density at radius 2 is 1.31 bits per heavy atom. The van der Waals surface area contributed by atoms with E-state index in [1.165, 1.54) is 37.4 Å². The second-order valence-electron chi connectivity index (χ2n) is 3.71. The molecule has 1 nitrogen and oxygen atoms in total. The van der Waals surface area contributed by atoms with Crippen LogP contribution in [-0.4, -0.2) is 14.3 Å². The largest absolute Gasteiger partial charge is 0.408 e. The summed E-state index contributed by atoms with van der Waals surface area (Å²) in [6.45, 7) is 6.78. The van der Waals surface area contributed by atoms with Crippen molar-refractivity contribution in [2.24, 2.45) is 0 Å². The quantitative estimate of drug-likeness (QED) is 0.369. The molecule has 0 aromatic rings. The summed E-state index contributed by atoms with van der Waals surface area (Å²) in [5.41, 5.74) is 0. The monoisotopic (exact) mass is 220 g/mol. The van der Waals surface area contributed by atoms with E-state index >= 15 is 0 Å². The molecule has 0 bridgehead atoms. The molecule has 0 radical (unpaired) electrons. The van der Waals surface area contributed by atoms with Crippen molar-refractivity contribution < 1.29 is 4.43 Å². The first kappa shape index (κ1) is 13.5. The Hall–Kier alpha value is 0.527. The molecule has 0 rings (SSSR count). The van der Waals surface area contributed by atoms with Gasteiger partial charge in [0.25, 0.3) is 0 Å². The third kappa shape index (κ3) is 5.08. The third-order valence-corrected chi connectivity index (χ3v) is 7.85. The van der Waals surface area contributed by atoms with E-state index in [2.05, 4.69) is 33.4 Å². The Bertz CT molecular complexity index is 90.0. The van der Waals surface area contributed by atoms with Crippen LogP contribution in [0.1, 0.15) is 40.0 Å².